The van der Waals surface area contributed by atoms with Gasteiger partial charge in [-0.05, 0) is 25.1 Å². The number of aromatic amines is 1. The fourth-order valence-corrected chi connectivity index (χ4v) is 3.59. The topological polar surface area (TPSA) is 143 Å². The molecule has 4 aromatic heterocycles. The highest BCUT2D eigenvalue weighted by Gasteiger charge is 2.47. The van der Waals surface area contributed by atoms with E-state index in [0.717, 1.165) is 6.54 Å². The summed E-state index contributed by atoms with van der Waals surface area (Å²) < 4.78 is 11.2. The Morgan fingerprint density at radius 3 is 2.97 bits per heavy atom. The second kappa shape index (κ2) is 8.06. The Hall–Kier alpha value is -4.19. The number of likely N-dealkylation sites (N-methyl/N-ethyl adjacent to an activating group) is 1. The minimum atomic E-state index is -1.69. The Bertz CT molecular complexity index is 1440. The molecule has 2 N–H and O–H groups in total. The number of carbonyl (C=O) groups excluding carboxylic acids is 1. The summed E-state index contributed by atoms with van der Waals surface area (Å²) in [7, 11) is 1.64. The molecule has 5 heterocycles. The first kappa shape index (κ1) is 19.5. The van der Waals surface area contributed by atoms with Crippen molar-refractivity contribution in [2.24, 2.45) is 4.99 Å². The Balaban J connectivity index is 1.48. The van der Waals surface area contributed by atoms with Gasteiger partial charge in [-0.15, -0.1) is 5.10 Å². The number of aliphatic hydroxyl groups is 1. The van der Waals surface area contributed by atoms with E-state index in [0.29, 0.717) is 29.6 Å². The first-order valence-corrected chi connectivity index (χ1v) is 10.4. The van der Waals surface area contributed by atoms with Crippen molar-refractivity contribution in [1.29, 1.82) is 0 Å². The highest BCUT2D eigenvalue weighted by molar-refractivity contribution is 5.87. The maximum Gasteiger partial charge on any atom is 0.260 e. The van der Waals surface area contributed by atoms with Gasteiger partial charge >= 0.3 is 0 Å². The molecule has 1 atom stereocenters. The van der Waals surface area contributed by atoms with E-state index in [9.17, 15) is 9.90 Å². The van der Waals surface area contributed by atoms with E-state index in [-0.39, 0.29) is 23.9 Å². The van der Waals surface area contributed by atoms with Crippen molar-refractivity contribution in [1.82, 2.24) is 44.6 Å². The van der Waals surface area contributed by atoms with Gasteiger partial charge in [0.05, 0.1) is 19.0 Å². The number of aromatic nitrogens is 8. The van der Waals surface area contributed by atoms with E-state index in [1.807, 2.05) is 13.1 Å². The van der Waals surface area contributed by atoms with Gasteiger partial charge in [-0.3, -0.25) is 9.48 Å². The van der Waals surface area contributed by atoms with E-state index >= 15 is 0 Å². The van der Waals surface area contributed by atoms with Crippen LogP contribution < -0.4 is 5.62 Å². The maximum absolute atomic E-state index is 12.4. The Kier molecular flexibility index (Phi) is 4.76. The molecule has 1 amide bonds. The van der Waals surface area contributed by atoms with E-state index in [1.165, 1.54) is 21.8 Å². The lowest BCUT2D eigenvalue weighted by atomic mass is 9.99. The van der Waals surface area contributed by atoms with E-state index in [1.54, 1.807) is 36.0 Å². The number of nitrogens with zero attached hydrogens (tertiary/aromatic N) is 9. The number of nitrogens with one attached hydrogen (secondary N) is 1. The summed E-state index contributed by atoms with van der Waals surface area (Å²) in [4.78, 5) is 30.0. The van der Waals surface area contributed by atoms with Gasteiger partial charge in [0.2, 0.25) is 5.62 Å². The van der Waals surface area contributed by atoms with Crippen LogP contribution in [0.5, 0.6) is 0 Å². The first-order valence-electron chi connectivity index (χ1n) is 10.9. The van der Waals surface area contributed by atoms with Crippen molar-refractivity contribution >= 4 is 11.7 Å². The van der Waals surface area contributed by atoms with Gasteiger partial charge in [0.25, 0.3) is 5.91 Å². The van der Waals surface area contributed by atoms with Gasteiger partial charge in [0, 0.05) is 45.0 Å². The molecular formula is C21H22N10O2. The standard InChI is InChI=1S/C21H22N10O2/c1-3-30-11-8-17(27-30)25-20-22-10-7-15(24-20)14-5-4-6-18(23-14)31-13-16(26-28-31)21(33)9-12-29(2)19(21)32/h4-8,10-11,13,33H,3,9,12H2,1-2H3,(H,22,24,25,27)/t21-/m1/s1/i10D. The smallest absolute Gasteiger partial charge is 0.260 e. The van der Waals surface area contributed by atoms with Crippen molar-refractivity contribution in [3.63, 3.8) is 0 Å². The Labute approximate surface area is 189 Å². The third-order valence-electron chi connectivity index (χ3n) is 5.47. The van der Waals surface area contributed by atoms with Gasteiger partial charge in [-0.2, -0.15) is 10.1 Å². The molecule has 1 aliphatic heterocycles. The molecular weight excluding hydrogens is 424 g/mol. The number of hydrogen-bond donors (Lipinski definition) is 2. The molecule has 0 aromatic carbocycles. The Morgan fingerprint density at radius 2 is 2.21 bits per heavy atom. The molecule has 0 saturated carbocycles. The van der Waals surface area contributed by atoms with Gasteiger partial charge in [0.15, 0.2) is 17.2 Å². The fraction of sp³-hybridized carbons (Fsp3) is 0.286. The van der Waals surface area contributed by atoms with Gasteiger partial charge < -0.3 is 15.0 Å². The molecule has 33 heavy (non-hydrogen) atoms. The molecule has 168 valence electrons. The zero-order valence-corrected chi connectivity index (χ0v) is 18.0. The van der Waals surface area contributed by atoms with E-state index < -0.39 is 11.5 Å². The minimum Gasteiger partial charge on any atom is -0.374 e. The van der Waals surface area contributed by atoms with Crippen LogP contribution in [-0.2, 0) is 16.9 Å². The van der Waals surface area contributed by atoms with Crippen molar-refractivity contribution in [2.75, 3.05) is 13.6 Å². The number of H-pyrrole nitrogens is 1. The molecule has 0 aliphatic carbocycles. The second-order valence-electron chi connectivity index (χ2n) is 7.66. The molecule has 1 fully saturated rings. The van der Waals surface area contributed by atoms with Crippen LogP contribution in [0.4, 0.5) is 5.82 Å². The monoisotopic (exact) mass is 447 g/mol. The number of aryl methyl sites for hydroxylation is 1. The third kappa shape index (κ3) is 3.80. The summed E-state index contributed by atoms with van der Waals surface area (Å²) in [6, 6.07) is 8.57. The molecule has 1 aliphatic rings. The van der Waals surface area contributed by atoms with Crippen LogP contribution in [0.15, 0.2) is 53.9 Å². The number of amides is 1. The van der Waals surface area contributed by atoms with Crippen LogP contribution in [0.25, 0.3) is 17.2 Å². The minimum absolute atomic E-state index is 0.0174. The van der Waals surface area contributed by atoms with Crippen LogP contribution in [0, 0.1) is 0 Å². The number of rotatable bonds is 5. The molecule has 4 aromatic rings. The van der Waals surface area contributed by atoms with Crippen LogP contribution >= 0.6 is 0 Å². The largest absolute Gasteiger partial charge is 0.374 e. The highest BCUT2D eigenvalue weighted by Crippen LogP contribution is 2.31. The van der Waals surface area contributed by atoms with Crippen LogP contribution in [0.2, 0.25) is 0 Å². The average Bonchev–Trinajstić information content (AvgIpc) is 3.56. The van der Waals surface area contributed by atoms with Gasteiger partial charge in [-0.1, -0.05) is 11.3 Å². The van der Waals surface area contributed by atoms with Crippen LogP contribution in [-0.4, -0.2) is 69.2 Å². The highest BCUT2D eigenvalue weighted by atomic mass is 16.3. The zero-order chi connectivity index (χ0) is 23.9. The number of carbonyl (C=O) groups is 1. The average molecular weight is 447 g/mol. The lowest BCUT2D eigenvalue weighted by molar-refractivity contribution is -0.143. The third-order valence-corrected chi connectivity index (χ3v) is 5.47. The predicted octanol–water partition coefficient (Wildman–Crippen LogP) is 0.551. The van der Waals surface area contributed by atoms with Crippen molar-refractivity contribution in [2.45, 2.75) is 25.5 Å². The van der Waals surface area contributed by atoms with Crippen LogP contribution in [0.1, 0.15) is 20.4 Å². The summed E-state index contributed by atoms with van der Waals surface area (Å²) in [5, 5.41) is 23.2. The summed E-state index contributed by atoms with van der Waals surface area (Å²) in [6.07, 6.45) is 3.58. The SMILES string of the molecule is [2H]c1cc(-c2cccc(-n3cc([C@]4(O)CCN(C)C4=O)nn3)n2)[nH]c(=Nc2ccn(CC)n2)n1. The summed E-state index contributed by atoms with van der Waals surface area (Å²) in [5.41, 5.74) is -0.237. The molecule has 0 spiro atoms. The van der Waals surface area contributed by atoms with E-state index in [4.69, 9.17) is 1.37 Å². The first-order chi connectivity index (χ1) is 16.4. The maximum atomic E-state index is 12.4. The zero-order valence-electron chi connectivity index (χ0n) is 19.0. The molecule has 1 saturated heterocycles. The van der Waals surface area contributed by atoms with Gasteiger partial charge in [0.1, 0.15) is 5.69 Å². The summed E-state index contributed by atoms with van der Waals surface area (Å²) in [5.74, 6) is 0.496. The van der Waals surface area contributed by atoms with Gasteiger partial charge in [-0.25, -0.2) is 14.6 Å². The lowest BCUT2D eigenvalue weighted by Gasteiger charge is -2.17. The van der Waals surface area contributed by atoms with Crippen molar-refractivity contribution < 1.29 is 11.3 Å². The number of hydrogen-bond acceptors (Lipinski definition) is 8. The van der Waals surface area contributed by atoms with E-state index in [2.05, 4.69) is 35.4 Å². The number of pyridine rings is 1. The summed E-state index contributed by atoms with van der Waals surface area (Å²) >= 11 is 0. The number of likely N-dealkylation sites (tertiary alicyclic amines) is 1. The lowest BCUT2D eigenvalue weighted by Crippen LogP contribution is -2.36. The predicted molar refractivity (Wildman–Crippen MR) is 116 cm³/mol. The molecule has 0 bridgehead atoms. The van der Waals surface area contributed by atoms with Crippen molar-refractivity contribution in [3.05, 3.63) is 60.2 Å². The molecule has 0 unspecified atom stereocenters. The molecule has 5 rings (SSSR count). The van der Waals surface area contributed by atoms with Crippen molar-refractivity contribution in [3.8, 4) is 17.2 Å². The molecule has 12 heteroatoms. The molecule has 0 radical (unpaired) electrons. The normalized spacial score (nSPS) is 19.4. The summed E-state index contributed by atoms with van der Waals surface area (Å²) in [6.45, 7) is 3.14. The molecule has 12 nitrogen and oxygen atoms in total. The Morgan fingerprint density at radius 1 is 1.33 bits per heavy atom. The van der Waals surface area contributed by atoms with Crippen LogP contribution in [0.3, 0.4) is 0 Å². The quantitative estimate of drug-likeness (QED) is 0.455. The fourth-order valence-electron chi connectivity index (χ4n) is 3.59. The second-order valence-corrected chi connectivity index (χ2v) is 7.66.